The summed E-state index contributed by atoms with van der Waals surface area (Å²) in [6, 6.07) is 5.77. The molecule has 0 saturated carbocycles. The van der Waals surface area contributed by atoms with Crippen molar-refractivity contribution in [2.24, 2.45) is 5.92 Å². The van der Waals surface area contributed by atoms with Crippen LogP contribution in [0.2, 0.25) is 0 Å². The molecule has 1 aliphatic rings. The third-order valence-corrected chi connectivity index (χ3v) is 6.22. The van der Waals surface area contributed by atoms with Crippen LogP contribution in [0.25, 0.3) is 10.9 Å². The van der Waals surface area contributed by atoms with E-state index in [1.807, 2.05) is 4.72 Å². The molecule has 0 aliphatic carbocycles. The van der Waals surface area contributed by atoms with Crippen molar-refractivity contribution in [2.45, 2.75) is 32.8 Å². The molecule has 1 aliphatic heterocycles. The second-order valence-electron chi connectivity index (χ2n) is 8.92. The SMILES string of the molecule is COc1cc2ncc(C#N)c(N3CC(CCNS(=O)(=O)NC(=O)OC(C)(C)C)C3)c2cc1OC. The standard InChI is InChI=1S/C22H29N5O6S/c1-22(2,3)33-21(28)26-34(29,30)25-7-6-14-12-27(13-14)20-15(10-23)11-24-17-9-19(32-5)18(31-4)8-16(17)20/h8-9,11,14,25H,6-7,12-13H2,1-5H3,(H,26,28). The number of amides is 1. The molecule has 1 aromatic heterocycles. The Morgan fingerprint density at radius 2 is 1.88 bits per heavy atom. The topological polar surface area (TPSA) is 143 Å². The number of fused-ring (bicyclic) bond motifs is 1. The number of aromatic nitrogens is 1. The second-order valence-corrected chi connectivity index (χ2v) is 10.4. The number of carbonyl (C=O) groups is 1. The normalized spacial score (nSPS) is 14.3. The van der Waals surface area contributed by atoms with Crippen molar-refractivity contribution in [1.29, 1.82) is 5.26 Å². The number of nitrogens with one attached hydrogen (secondary N) is 2. The van der Waals surface area contributed by atoms with Crippen LogP contribution in [0.1, 0.15) is 32.8 Å². The zero-order valence-corrected chi connectivity index (χ0v) is 20.7. The first kappa shape index (κ1) is 25.3. The highest BCUT2D eigenvalue weighted by Crippen LogP contribution is 2.39. The van der Waals surface area contributed by atoms with Gasteiger partial charge in [-0.2, -0.15) is 18.4 Å². The van der Waals surface area contributed by atoms with E-state index in [2.05, 4.69) is 20.7 Å². The van der Waals surface area contributed by atoms with E-state index in [1.165, 1.54) is 6.20 Å². The lowest BCUT2D eigenvalue weighted by atomic mass is 9.94. The fraction of sp³-hybridized carbons (Fsp3) is 0.500. The van der Waals surface area contributed by atoms with Gasteiger partial charge >= 0.3 is 16.3 Å². The van der Waals surface area contributed by atoms with Gasteiger partial charge in [0.15, 0.2) is 11.5 Å². The van der Waals surface area contributed by atoms with E-state index < -0.39 is 21.9 Å². The van der Waals surface area contributed by atoms with Crippen LogP contribution in [0.15, 0.2) is 18.3 Å². The van der Waals surface area contributed by atoms with Gasteiger partial charge in [-0.05, 0) is 39.2 Å². The predicted molar refractivity (Wildman–Crippen MR) is 126 cm³/mol. The van der Waals surface area contributed by atoms with Crippen molar-refractivity contribution >= 4 is 32.9 Å². The maximum atomic E-state index is 12.0. The molecule has 12 heteroatoms. The van der Waals surface area contributed by atoms with Gasteiger partial charge in [-0.25, -0.2) is 9.52 Å². The zero-order chi connectivity index (χ0) is 25.1. The van der Waals surface area contributed by atoms with Crippen molar-refractivity contribution < 1.29 is 27.4 Å². The maximum absolute atomic E-state index is 12.0. The molecule has 184 valence electrons. The summed E-state index contributed by atoms with van der Waals surface area (Å²) >= 11 is 0. The van der Waals surface area contributed by atoms with Gasteiger partial charge in [-0.1, -0.05) is 0 Å². The molecule has 2 aromatic rings. The summed E-state index contributed by atoms with van der Waals surface area (Å²) in [5.41, 5.74) is 1.08. The van der Waals surface area contributed by atoms with Crippen molar-refractivity contribution in [1.82, 2.24) is 14.4 Å². The van der Waals surface area contributed by atoms with Gasteiger partial charge in [0.2, 0.25) is 0 Å². The molecule has 34 heavy (non-hydrogen) atoms. The van der Waals surface area contributed by atoms with Crippen LogP contribution in [0, 0.1) is 17.2 Å². The minimum atomic E-state index is -4.02. The van der Waals surface area contributed by atoms with Gasteiger partial charge < -0.3 is 19.1 Å². The first-order chi connectivity index (χ1) is 16.0. The summed E-state index contributed by atoms with van der Waals surface area (Å²) in [5, 5.41) is 10.4. The number of anilines is 1. The van der Waals surface area contributed by atoms with Crippen molar-refractivity contribution in [3.05, 3.63) is 23.9 Å². The number of carbonyl (C=O) groups excluding carboxylic acids is 1. The number of hydrogen-bond acceptors (Lipinski definition) is 9. The molecular formula is C22H29N5O6S. The van der Waals surface area contributed by atoms with Gasteiger partial charge in [0, 0.05) is 37.3 Å². The van der Waals surface area contributed by atoms with Crippen LogP contribution < -0.4 is 23.8 Å². The Labute approximate surface area is 199 Å². The van der Waals surface area contributed by atoms with Crippen LogP contribution in [-0.4, -0.2) is 58.9 Å². The molecular weight excluding hydrogens is 462 g/mol. The molecule has 2 N–H and O–H groups in total. The Balaban J connectivity index is 1.63. The fourth-order valence-corrected chi connectivity index (χ4v) is 4.42. The Hall–Kier alpha value is -3.30. The molecule has 0 atom stereocenters. The van der Waals surface area contributed by atoms with E-state index in [4.69, 9.17) is 14.2 Å². The molecule has 1 amide bonds. The number of hydrogen-bond donors (Lipinski definition) is 2. The van der Waals surface area contributed by atoms with Gasteiger partial charge in [0.05, 0.1) is 31.0 Å². The molecule has 1 saturated heterocycles. The Morgan fingerprint density at radius 1 is 1.24 bits per heavy atom. The second kappa shape index (κ2) is 9.90. The number of nitrogens with zero attached hydrogens (tertiary/aromatic N) is 3. The molecule has 11 nitrogen and oxygen atoms in total. The molecule has 3 rings (SSSR count). The van der Waals surface area contributed by atoms with Gasteiger partial charge in [0.25, 0.3) is 0 Å². The highest BCUT2D eigenvalue weighted by molar-refractivity contribution is 7.88. The van der Waals surface area contributed by atoms with Gasteiger partial charge in [-0.3, -0.25) is 4.98 Å². The summed E-state index contributed by atoms with van der Waals surface area (Å²) in [5.74, 6) is 1.29. The highest BCUT2D eigenvalue weighted by atomic mass is 32.2. The highest BCUT2D eigenvalue weighted by Gasteiger charge is 2.31. The Morgan fingerprint density at radius 3 is 2.47 bits per heavy atom. The summed E-state index contributed by atoms with van der Waals surface area (Å²) in [7, 11) is -0.926. The summed E-state index contributed by atoms with van der Waals surface area (Å²) in [6.07, 6.45) is 1.07. The smallest absolute Gasteiger partial charge is 0.422 e. The first-order valence-corrected chi connectivity index (χ1v) is 12.1. The van der Waals surface area contributed by atoms with Crippen molar-refractivity contribution in [3.63, 3.8) is 0 Å². The average molecular weight is 492 g/mol. The van der Waals surface area contributed by atoms with E-state index in [-0.39, 0.29) is 12.5 Å². The maximum Gasteiger partial charge on any atom is 0.422 e. The molecule has 1 fully saturated rings. The minimum absolute atomic E-state index is 0.157. The molecule has 0 radical (unpaired) electrons. The number of pyridine rings is 1. The number of nitriles is 1. The number of rotatable bonds is 8. The summed E-state index contributed by atoms with van der Waals surface area (Å²) in [6.45, 7) is 6.37. The van der Waals surface area contributed by atoms with Crippen molar-refractivity contribution in [3.8, 4) is 17.6 Å². The lowest BCUT2D eigenvalue weighted by Crippen LogP contribution is -2.49. The predicted octanol–water partition coefficient (Wildman–Crippen LogP) is 2.31. The fourth-order valence-electron chi connectivity index (χ4n) is 3.70. The van der Waals surface area contributed by atoms with Crippen LogP contribution >= 0.6 is 0 Å². The number of ether oxygens (including phenoxy) is 3. The minimum Gasteiger partial charge on any atom is -0.493 e. The van der Waals surface area contributed by atoms with Crippen LogP contribution in [0.3, 0.4) is 0 Å². The number of benzene rings is 1. The van der Waals surface area contributed by atoms with Gasteiger partial charge in [0.1, 0.15) is 11.7 Å². The zero-order valence-electron chi connectivity index (χ0n) is 19.8. The lowest BCUT2D eigenvalue weighted by Gasteiger charge is -2.42. The molecule has 1 aromatic carbocycles. The third kappa shape index (κ3) is 5.98. The Bertz CT molecular complexity index is 1210. The monoisotopic (exact) mass is 491 g/mol. The summed E-state index contributed by atoms with van der Waals surface area (Å²) < 4.78 is 44.0. The molecule has 0 unspecified atom stereocenters. The quantitative estimate of drug-likeness (QED) is 0.568. The average Bonchev–Trinajstić information content (AvgIpc) is 2.71. The van der Waals surface area contributed by atoms with Crippen LogP contribution in [-0.2, 0) is 14.9 Å². The van der Waals surface area contributed by atoms with E-state index in [1.54, 1.807) is 47.1 Å². The Kier molecular flexibility index (Phi) is 7.38. The van der Waals surface area contributed by atoms with Crippen LogP contribution in [0.5, 0.6) is 11.5 Å². The van der Waals surface area contributed by atoms with E-state index in [0.29, 0.717) is 42.1 Å². The van der Waals surface area contributed by atoms with E-state index in [9.17, 15) is 18.5 Å². The van der Waals surface area contributed by atoms with Gasteiger partial charge in [-0.15, -0.1) is 0 Å². The largest absolute Gasteiger partial charge is 0.493 e. The van der Waals surface area contributed by atoms with Crippen molar-refractivity contribution in [2.75, 3.05) is 38.8 Å². The van der Waals surface area contributed by atoms with E-state index >= 15 is 0 Å². The lowest BCUT2D eigenvalue weighted by molar-refractivity contribution is 0.0569. The molecule has 0 spiro atoms. The molecule has 0 bridgehead atoms. The van der Waals surface area contributed by atoms with E-state index in [0.717, 1.165) is 11.1 Å². The third-order valence-electron chi connectivity index (χ3n) is 5.20. The number of methoxy groups -OCH3 is 2. The summed E-state index contributed by atoms with van der Waals surface area (Å²) in [4.78, 5) is 18.1. The molecule has 2 heterocycles. The first-order valence-electron chi connectivity index (χ1n) is 10.7. The van der Waals surface area contributed by atoms with Crippen LogP contribution in [0.4, 0.5) is 10.5 Å².